The van der Waals surface area contributed by atoms with Crippen molar-refractivity contribution in [3.05, 3.63) is 59.9 Å². The first kappa shape index (κ1) is 15.4. The van der Waals surface area contributed by atoms with Crippen LogP contribution in [0.3, 0.4) is 0 Å². The van der Waals surface area contributed by atoms with Crippen LogP contribution in [0.5, 0.6) is 0 Å². The van der Waals surface area contributed by atoms with E-state index in [-0.39, 0.29) is 11.8 Å². The average Bonchev–Trinajstić information content (AvgIpc) is 3.06. The van der Waals surface area contributed by atoms with E-state index in [1.807, 2.05) is 43.3 Å². The predicted molar refractivity (Wildman–Crippen MR) is 95.1 cm³/mol. The van der Waals surface area contributed by atoms with Crippen molar-refractivity contribution < 1.29 is 9.59 Å². The Kier molecular flexibility index (Phi) is 3.72. The van der Waals surface area contributed by atoms with Gasteiger partial charge in [-0.1, -0.05) is 25.1 Å². The van der Waals surface area contributed by atoms with E-state index in [2.05, 4.69) is 15.3 Å². The van der Waals surface area contributed by atoms with E-state index in [1.54, 1.807) is 17.3 Å². The maximum atomic E-state index is 12.9. The van der Waals surface area contributed by atoms with Crippen LogP contribution in [0.15, 0.2) is 48.8 Å². The fourth-order valence-electron chi connectivity index (χ4n) is 3.38. The van der Waals surface area contributed by atoms with Crippen LogP contribution in [0.25, 0.3) is 11.0 Å². The molecule has 1 aliphatic rings. The van der Waals surface area contributed by atoms with Gasteiger partial charge in [0, 0.05) is 30.0 Å². The highest BCUT2D eigenvalue weighted by atomic mass is 16.2. The van der Waals surface area contributed by atoms with E-state index in [1.165, 1.54) is 0 Å². The van der Waals surface area contributed by atoms with Gasteiger partial charge >= 0.3 is 0 Å². The van der Waals surface area contributed by atoms with Crippen LogP contribution < -0.4 is 5.32 Å². The number of nitrogens with zero attached hydrogens (tertiary/aromatic N) is 2. The minimum Gasteiger partial charge on any atom is -0.345 e. The van der Waals surface area contributed by atoms with Gasteiger partial charge in [-0.05, 0) is 30.2 Å². The number of benzene rings is 1. The Morgan fingerprint density at radius 1 is 1.32 bits per heavy atom. The summed E-state index contributed by atoms with van der Waals surface area (Å²) in [6, 6.07) is 10.7. The zero-order valence-corrected chi connectivity index (χ0v) is 13.8. The summed E-state index contributed by atoms with van der Waals surface area (Å²) in [5.74, 6) is -0.312. The van der Waals surface area contributed by atoms with E-state index in [4.69, 9.17) is 0 Å². The van der Waals surface area contributed by atoms with Gasteiger partial charge in [-0.3, -0.25) is 9.59 Å². The summed E-state index contributed by atoms with van der Waals surface area (Å²) in [4.78, 5) is 34.6. The number of aromatic amines is 1. The second kappa shape index (κ2) is 6.05. The summed E-state index contributed by atoms with van der Waals surface area (Å²) in [6.45, 7) is 2.32. The number of hydrogen-bond acceptors (Lipinski definition) is 3. The molecule has 6 heteroatoms. The fourth-order valence-corrected chi connectivity index (χ4v) is 3.38. The van der Waals surface area contributed by atoms with Gasteiger partial charge in [0.1, 0.15) is 11.7 Å². The summed E-state index contributed by atoms with van der Waals surface area (Å²) < 4.78 is 0. The number of hydrogen-bond donors (Lipinski definition) is 2. The molecule has 2 N–H and O–H groups in total. The van der Waals surface area contributed by atoms with Gasteiger partial charge in [0.15, 0.2) is 0 Å². The van der Waals surface area contributed by atoms with Crippen molar-refractivity contribution in [2.24, 2.45) is 0 Å². The number of nitrogens with one attached hydrogen (secondary N) is 2. The molecule has 0 aliphatic carbocycles. The number of carbonyl (C=O) groups is 2. The van der Waals surface area contributed by atoms with Gasteiger partial charge in [-0.2, -0.15) is 0 Å². The van der Waals surface area contributed by atoms with Crippen LogP contribution in [-0.2, 0) is 11.3 Å². The lowest BCUT2D eigenvalue weighted by Gasteiger charge is -2.33. The molecule has 0 saturated heterocycles. The van der Waals surface area contributed by atoms with E-state index < -0.39 is 6.04 Å². The van der Waals surface area contributed by atoms with Gasteiger partial charge in [-0.15, -0.1) is 0 Å². The third-order valence-corrected chi connectivity index (χ3v) is 4.60. The van der Waals surface area contributed by atoms with Crippen LogP contribution in [0.4, 0.5) is 5.69 Å². The van der Waals surface area contributed by atoms with Crippen LogP contribution in [-0.4, -0.2) is 32.7 Å². The lowest BCUT2D eigenvalue weighted by molar-refractivity contribution is -0.120. The van der Waals surface area contributed by atoms with Crippen molar-refractivity contribution in [3.8, 4) is 0 Å². The number of aromatic nitrogens is 2. The number of anilines is 1. The Labute approximate surface area is 144 Å². The number of rotatable bonds is 4. The molecule has 126 valence electrons. The molecule has 2 amide bonds. The number of amides is 2. The normalized spacial score (nSPS) is 14.6. The molecule has 2 aromatic heterocycles. The average molecular weight is 334 g/mol. The second-order valence-corrected chi connectivity index (χ2v) is 6.11. The Balaban J connectivity index is 1.64. The SMILES string of the molecule is CC[C@H](C(=O)Nc1ccccc1)N1Cc2ccnc3[nH]cc(c23)C1=O. The van der Waals surface area contributed by atoms with Gasteiger partial charge < -0.3 is 15.2 Å². The van der Waals surface area contributed by atoms with Gasteiger partial charge in [-0.25, -0.2) is 4.98 Å². The molecule has 0 bridgehead atoms. The summed E-state index contributed by atoms with van der Waals surface area (Å²) in [5, 5.41) is 3.76. The molecule has 6 nitrogen and oxygen atoms in total. The highest BCUT2D eigenvalue weighted by Crippen LogP contribution is 2.30. The van der Waals surface area contributed by atoms with E-state index in [9.17, 15) is 9.59 Å². The molecule has 0 radical (unpaired) electrons. The third-order valence-electron chi connectivity index (χ3n) is 4.60. The highest BCUT2D eigenvalue weighted by Gasteiger charge is 2.34. The number of carbonyl (C=O) groups excluding carboxylic acids is 2. The van der Waals surface area contributed by atoms with E-state index in [0.717, 1.165) is 16.6 Å². The van der Waals surface area contributed by atoms with Gasteiger partial charge in [0.25, 0.3) is 5.91 Å². The van der Waals surface area contributed by atoms with Crippen molar-refractivity contribution in [1.82, 2.24) is 14.9 Å². The molecular weight excluding hydrogens is 316 g/mol. The molecule has 0 saturated carbocycles. The molecular formula is C19H18N4O2. The van der Waals surface area contributed by atoms with Crippen molar-refractivity contribution in [2.45, 2.75) is 25.9 Å². The molecule has 25 heavy (non-hydrogen) atoms. The first-order valence-electron chi connectivity index (χ1n) is 8.31. The molecule has 1 aliphatic heterocycles. The Morgan fingerprint density at radius 2 is 2.12 bits per heavy atom. The van der Waals surface area contributed by atoms with Crippen molar-refractivity contribution >= 4 is 28.5 Å². The summed E-state index contributed by atoms with van der Waals surface area (Å²) >= 11 is 0. The first-order valence-corrected chi connectivity index (χ1v) is 8.31. The quantitative estimate of drug-likeness (QED) is 0.770. The van der Waals surface area contributed by atoms with Crippen molar-refractivity contribution in [1.29, 1.82) is 0 Å². The lowest BCUT2D eigenvalue weighted by Crippen LogP contribution is -2.47. The minimum atomic E-state index is -0.529. The molecule has 1 aromatic carbocycles. The van der Waals surface area contributed by atoms with Crippen LogP contribution in [0.1, 0.15) is 29.3 Å². The van der Waals surface area contributed by atoms with Crippen LogP contribution in [0, 0.1) is 0 Å². The molecule has 3 heterocycles. The third kappa shape index (κ3) is 2.55. The van der Waals surface area contributed by atoms with Crippen molar-refractivity contribution in [3.63, 3.8) is 0 Å². The van der Waals surface area contributed by atoms with Gasteiger partial charge in [0.2, 0.25) is 5.91 Å². The zero-order valence-electron chi connectivity index (χ0n) is 13.8. The van der Waals surface area contributed by atoms with E-state index in [0.29, 0.717) is 24.2 Å². The highest BCUT2D eigenvalue weighted by molar-refractivity contribution is 6.10. The minimum absolute atomic E-state index is 0.137. The zero-order chi connectivity index (χ0) is 17.4. The number of para-hydroxylation sites is 1. The van der Waals surface area contributed by atoms with E-state index >= 15 is 0 Å². The smallest absolute Gasteiger partial charge is 0.257 e. The topological polar surface area (TPSA) is 78.1 Å². The molecule has 0 unspecified atom stereocenters. The summed E-state index contributed by atoms with van der Waals surface area (Å²) in [5.41, 5.74) is 3.02. The molecule has 3 aromatic rings. The monoisotopic (exact) mass is 334 g/mol. The summed E-state index contributed by atoms with van der Waals surface area (Å²) in [7, 11) is 0. The molecule has 0 fully saturated rings. The standard InChI is InChI=1S/C19H18N4O2/c1-2-15(18(24)22-13-6-4-3-5-7-13)23-11-12-8-9-20-17-16(12)14(10-21-17)19(23)25/h3-10,15H,2,11H2,1H3,(H,20,21)(H,22,24)/t15-/m1/s1. The van der Waals surface area contributed by atoms with Crippen LogP contribution >= 0.6 is 0 Å². The number of pyridine rings is 1. The maximum Gasteiger partial charge on any atom is 0.257 e. The van der Waals surface area contributed by atoms with Crippen molar-refractivity contribution in [2.75, 3.05) is 5.32 Å². The lowest BCUT2D eigenvalue weighted by atomic mass is 10.00. The number of H-pyrrole nitrogens is 1. The molecule has 4 rings (SSSR count). The first-order chi connectivity index (χ1) is 12.2. The molecule has 0 spiro atoms. The maximum absolute atomic E-state index is 12.9. The fraction of sp³-hybridized carbons (Fsp3) is 0.211. The predicted octanol–water partition coefficient (Wildman–Crippen LogP) is 2.94. The Hall–Kier alpha value is -3.15. The second-order valence-electron chi connectivity index (χ2n) is 6.11. The Bertz CT molecular complexity index is 948. The van der Waals surface area contributed by atoms with Gasteiger partial charge in [0.05, 0.1) is 5.56 Å². The Morgan fingerprint density at radius 3 is 2.88 bits per heavy atom. The molecule has 1 atom stereocenters. The largest absolute Gasteiger partial charge is 0.345 e. The summed E-state index contributed by atoms with van der Waals surface area (Å²) in [6.07, 6.45) is 3.94. The van der Waals surface area contributed by atoms with Crippen LogP contribution in [0.2, 0.25) is 0 Å².